The average Bonchev–Trinajstić information content (AvgIpc) is 2.90. The fourth-order valence-corrected chi connectivity index (χ4v) is 6.18. The molecule has 0 fully saturated rings. The van der Waals surface area contributed by atoms with Gasteiger partial charge in [-0.25, -0.2) is 4.79 Å². The quantitative estimate of drug-likeness (QED) is 0.183. The van der Waals surface area contributed by atoms with Crippen molar-refractivity contribution in [2.75, 3.05) is 7.11 Å². The van der Waals surface area contributed by atoms with Crippen molar-refractivity contribution >= 4 is 32.5 Å². The van der Waals surface area contributed by atoms with Crippen molar-refractivity contribution in [1.82, 2.24) is 4.90 Å². The van der Waals surface area contributed by atoms with Crippen LogP contribution in [0.25, 0.3) is 32.5 Å². The van der Waals surface area contributed by atoms with Gasteiger partial charge in [-0.15, -0.1) is 0 Å². The van der Waals surface area contributed by atoms with Gasteiger partial charge in [-0.05, 0) is 62.8 Å². The Morgan fingerprint density at radius 1 is 0.921 bits per heavy atom. The molecule has 194 valence electrons. The highest BCUT2D eigenvalue weighted by atomic mass is 16.5. The molecule has 0 saturated carbocycles. The Balaban J connectivity index is 1.63. The molecule has 1 aliphatic heterocycles. The third kappa shape index (κ3) is 3.93. The normalized spacial score (nSPS) is 17.8. The van der Waals surface area contributed by atoms with Crippen molar-refractivity contribution in [2.24, 2.45) is 0 Å². The Labute approximate surface area is 222 Å². The number of hydrogen-bond acceptors (Lipinski definition) is 5. The minimum Gasteiger partial charge on any atom is -0.496 e. The van der Waals surface area contributed by atoms with Gasteiger partial charge in [-0.1, -0.05) is 54.6 Å². The first kappa shape index (κ1) is 24.5. The van der Waals surface area contributed by atoms with E-state index in [1.165, 1.54) is 11.1 Å². The van der Waals surface area contributed by atoms with Crippen molar-refractivity contribution in [1.29, 1.82) is 0 Å². The van der Waals surface area contributed by atoms with Gasteiger partial charge >= 0.3 is 5.63 Å². The molecule has 1 aliphatic rings. The summed E-state index contributed by atoms with van der Waals surface area (Å²) in [7, 11) is 1.62. The molecule has 2 heterocycles. The number of fused-ring (bicyclic) bond motifs is 7. The second-order valence-corrected chi connectivity index (χ2v) is 10.6. The summed E-state index contributed by atoms with van der Waals surface area (Å²) in [6.07, 6.45) is 0.906. The molecule has 4 aromatic carbocycles. The predicted octanol–water partition coefficient (Wildman–Crippen LogP) is 7.40. The molecule has 0 aliphatic carbocycles. The third-order valence-electron chi connectivity index (χ3n) is 7.84. The van der Waals surface area contributed by atoms with Crippen molar-refractivity contribution in [3.63, 3.8) is 0 Å². The van der Waals surface area contributed by atoms with Crippen LogP contribution in [0.3, 0.4) is 0 Å². The molecule has 5 heteroatoms. The van der Waals surface area contributed by atoms with Crippen LogP contribution in [0.5, 0.6) is 11.5 Å². The first-order valence-electron chi connectivity index (χ1n) is 13.4. The first-order valence-corrected chi connectivity index (χ1v) is 13.4. The Morgan fingerprint density at radius 3 is 2.45 bits per heavy atom. The Morgan fingerprint density at radius 2 is 1.71 bits per heavy atom. The fraction of sp³-hybridized carbons (Fsp3) is 0.303. The number of hydrogen-bond donors (Lipinski definition) is 0. The van der Waals surface area contributed by atoms with Crippen molar-refractivity contribution in [3.8, 4) is 11.5 Å². The Hall–Kier alpha value is -3.83. The molecular weight excluding hydrogens is 474 g/mol. The van der Waals surface area contributed by atoms with E-state index < -0.39 is 0 Å². The summed E-state index contributed by atoms with van der Waals surface area (Å²) >= 11 is 0. The predicted molar refractivity (Wildman–Crippen MR) is 153 cm³/mol. The molecule has 5 nitrogen and oxygen atoms in total. The number of nitrogens with zero attached hydrogens (tertiary/aromatic N) is 1. The van der Waals surface area contributed by atoms with Crippen LogP contribution in [0.4, 0.5) is 0 Å². The van der Waals surface area contributed by atoms with Crippen molar-refractivity contribution in [3.05, 3.63) is 93.8 Å². The van der Waals surface area contributed by atoms with E-state index in [0.717, 1.165) is 45.8 Å². The molecule has 6 rings (SSSR count). The Bertz CT molecular complexity index is 1720. The number of ether oxygens (including phenoxy) is 2. The molecule has 0 amide bonds. The lowest BCUT2D eigenvalue weighted by atomic mass is 9.86. The van der Waals surface area contributed by atoms with Gasteiger partial charge < -0.3 is 13.9 Å². The average molecular weight is 508 g/mol. The van der Waals surface area contributed by atoms with Crippen LogP contribution in [0.1, 0.15) is 50.4 Å². The second kappa shape index (κ2) is 9.48. The molecule has 0 saturated heterocycles. The zero-order chi connectivity index (χ0) is 26.6. The molecule has 0 radical (unpaired) electrons. The summed E-state index contributed by atoms with van der Waals surface area (Å²) in [5, 5.41) is 4.13. The highest BCUT2D eigenvalue weighted by Gasteiger charge is 2.32. The van der Waals surface area contributed by atoms with Crippen LogP contribution in [0.2, 0.25) is 0 Å². The van der Waals surface area contributed by atoms with E-state index in [1.54, 1.807) is 13.2 Å². The third-order valence-corrected chi connectivity index (χ3v) is 7.84. The highest BCUT2D eigenvalue weighted by molar-refractivity contribution is 6.21. The topological polar surface area (TPSA) is 51.9 Å². The Kier molecular flexibility index (Phi) is 6.11. The molecule has 0 unspecified atom stereocenters. The SMILES string of the molecule is COc1cc2c(=O)oc3c4c(ccc3c2c2cccc(OC(C)C)c12)C[C@@H](C)N(Cc1ccccc1)[C@@H]4C. The summed E-state index contributed by atoms with van der Waals surface area (Å²) in [6, 6.07) is 23.1. The zero-order valence-corrected chi connectivity index (χ0v) is 22.6. The first-order chi connectivity index (χ1) is 18.4. The molecular formula is C33H33NO4. The van der Waals surface area contributed by atoms with E-state index in [2.05, 4.69) is 55.1 Å². The van der Waals surface area contributed by atoms with Crippen LogP contribution in [-0.4, -0.2) is 24.2 Å². The zero-order valence-electron chi connectivity index (χ0n) is 22.6. The molecule has 2 atom stereocenters. The largest absolute Gasteiger partial charge is 0.496 e. The maximum atomic E-state index is 13.5. The highest BCUT2D eigenvalue weighted by Crippen LogP contribution is 2.44. The second-order valence-electron chi connectivity index (χ2n) is 10.6. The van der Waals surface area contributed by atoms with Gasteiger partial charge in [-0.3, -0.25) is 4.90 Å². The summed E-state index contributed by atoms with van der Waals surface area (Å²) in [5.74, 6) is 1.34. The number of rotatable bonds is 5. The van der Waals surface area contributed by atoms with Crippen LogP contribution < -0.4 is 15.1 Å². The molecule has 1 aromatic heterocycles. The lowest BCUT2D eigenvalue weighted by molar-refractivity contribution is 0.129. The van der Waals surface area contributed by atoms with Crippen LogP contribution in [-0.2, 0) is 13.0 Å². The monoisotopic (exact) mass is 507 g/mol. The summed E-state index contributed by atoms with van der Waals surface area (Å²) in [5.41, 5.74) is 3.95. The van der Waals surface area contributed by atoms with E-state index in [1.807, 2.05) is 38.1 Å². The minimum atomic E-state index is -0.350. The summed E-state index contributed by atoms with van der Waals surface area (Å²) in [4.78, 5) is 16.0. The van der Waals surface area contributed by atoms with Gasteiger partial charge in [0.15, 0.2) is 0 Å². The van der Waals surface area contributed by atoms with E-state index in [0.29, 0.717) is 22.8 Å². The maximum absolute atomic E-state index is 13.5. The van der Waals surface area contributed by atoms with Gasteiger partial charge in [0.05, 0.1) is 24.0 Å². The van der Waals surface area contributed by atoms with Gasteiger partial charge in [0, 0.05) is 35.0 Å². The van der Waals surface area contributed by atoms with Gasteiger partial charge in [-0.2, -0.15) is 0 Å². The van der Waals surface area contributed by atoms with Crippen LogP contribution >= 0.6 is 0 Å². The molecule has 0 spiro atoms. The molecule has 0 N–H and O–H groups in total. The lowest BCUT2D eigenvalue weighted by Crippen LogP contribution is -2.40. The van der Waals surface area contributed by atoms with Gasteiger partial charge in [0.25, 0.3) is 0 Å². The van der Waals surface area contributed by atoms with E-state index in [9.17, 15) is 4.79 Å². The van der Waals surface area contributed by atoms with E-state index in [4.69, 9.17) is 13.9 Å². The number of methoxy groups -OCH3 is 1. The van der Waals surface area contributed by atoms with E-state index in [-0.39, 0.29) is 17.8 Å². The standard InChI is InChI=1S/C33H33NO4/c1-19(2)37-27-13-9-12-24-30-25-15-14-23-16-20(3)34(18-22-10-7-6-8-11-22)21(4)29(23)32(25)38-33(35)26(30)17-28(36-5)31(24)27/h6-15,17,19-21H,16,18H2,1-5H3/t20-,21-/m1/s1. The van der Waals surface area contributed by atoms with Crippen LogP contribution in [0.15, 0.2) is 75.9 Å². The summed E-state index contributed by atoms with van der Waals surface area (Å²) < 4.78 is 18.1. The van der Waals surface area contributed by atoms with Crippen molar-refractivity contribution in [2.45, 2.75) is 58.8 Å². The van der Waals surface area contributed by atoms with Crippen molar-refractivity contribution < 1.29 is 13.9 Å². The molecule has 38 heavy (non-hydrogen) atoms. The van der Waals surface area contributed by atoms with E-state index >= 15 is 0 Å². The van der Waals surface area contributed by atoms with Crippen LogP contribution in [0, 0.1) is 0 Å². The lowest BCUT2D eigenvalue weighted by Gasteiger charge is -2.40. The smallest absolute Gasteiger partial charge is 0.344 e. The molecule has 0 bridgehead atoms. The number of benzene rings is 4. The van der Waals surface area contributed by atoms with Gasteiger partial charge in [0.1, 0.15) is 17.1 Å². The fourth-order valence-electron chi connectivity index (χ4n) is 6.18. The van der Waals surface area contributed by atoms with Gasteiger partial charge in [0.2, 0.25) is 0 Å². The minimum absolute atomic E-state index is 0.00375. The summed E-state index contributed by atoms with van der Waals surface area (Å²) in [6.45, 7) is 9.35. The maximum Gasteiger partial charge on any atom is 0.344 e. The molecule has 5 aromatic rings.